The monoisotopic (exact) mass is 387 g/mol. The molecule has 1 aromatic carbocycles. The van der Waals surface area contributed by atoms with Crippen LogP contribution >= 0.6 is 0 Å². The average Bonchev–Trinajstić information content (AvgIpc) is 3.54. The highest BCUT2D eigenvalue weighted by Crippen LogP contribution is 2.30. The fourth-order valence-corrected chi connectivity index (χ4v) is 3.59. The predicted octanol–water partition coefficient (Wildman–Crippen LogP) is 2.87. The Kier molecular flexibility index (Phi) is 6.90. The van der Waals surface area contributed by atoms with Gasteiger partial charge in [-0.05, 0) is 44.7 Å². The highest BCUT2D eigenvalue weighted by Gasteiger charge is 2.37. The van der Waals surface area contributed by atoms with Gasteiger partial charge in [-0.15, -0.1) is 0 Å². The summed E-state index contributed by atoms with van der Waals surface area (Å²) in [5.41, 5.74) is 0.768. The molecule has 1 heterocycles. The zero-order chi connectivity index (χ0) is 19.9. The van der Waals surface area contributed by atoms with E-state index < -0.39 is 0 Å². The molecule has 2 fully saturated rings. The molecule has 1 saturated carbocycles. The molecule has 0 aromatic heterocycles. The van der Waals surface area contributed by atoms with Crippen molar-refractivity contribution < 1.29 is 19.1 Å². The topological polar surface area (TPSA) is 79.0 Å². The number of hydrogen-bond acceptors (Lipinski definition) is 4. The van der Waals surface area contributed by atoms with E-state index in [1.54, 1.807) is 11.8 Å². The van der Waals surface area contributed by atoms with Crippen LogP contribution < -0.4 is 5.32 Å². The van der Waals surface area contributed by atoms with Gasteiger partial charge in [-0.25, -0.2) is 4.79 Å². The number of nitrogens with one attached hydrogen (secondary N) is 1. The third-order valence-corrected chi connectivity index (χ3v) is 5.29. The molecule has 0 atom stereocenters. The molecule has 3 amide bonds. The van der Waals surface area contributed by atoms with Crippen LogP contribution in [0.1, 0.15) is 39.0 Å². The number of carbonyl (C=O) groups excluding carboxylic acids is 3. The number of hydrogen-bond donors (Lipinski definition) is 1. The summed E-state index contributed by atoms with van der Waals surface area (Å²) in [5, 5.41) is 2.89. The normalized spacial score (nSPS) is 17.1. The van der Waals surface area contributed by atoms with E-state index in [0.29, 0.717) is 39.1 Å². The van der Waals surface area contributed by atoms with Crippen molar-refractivity contribution in [2.45, 2.75) is 45.1 Å². The Balaban J connectivity index is 1.48. The third-order valence-electron chi connectivity index (χ3n) is 5.29. The van der Waals surface area contributed by atoms with E-state index in [2.05, 4.69) is 5.32 Å². The lowest BCUT2D eigenvalue weighted by atomic mass is 9.95. The summed E-state index contributed by atoms with van der Waals surface area (Å²) < 4.78 is 4.98. The molecular formula is C21H29N3O4. The van der Waals surface area contributed by atoms with Crippen molar-refractivity contribution in [3.63, 3.8) is 0 Å². The maximum Gasteiger partial charge on any atom is 0.321 e. The van der Waals surface area contributed by atoms with E-state index in [1.165, 1.54) is 0 Å². The minimum Gasteiger partial charge on any atom is -0.466 e. The SMILES string of the molecule is CCOC(=O)CCN(C(=O)C1CCN(C(=O)Nc2ccccc2)CC1)C1CC1. The number of nitrogens with zero attached hydrogens (tertiary/aromatic N) is 2. The van der Waals surface area contributed by atoms with Gasteiger partial charge < -0.3 is 19.9 Å². The van der Waals surface area contributed by atoms with Gasteiger partial charge in [0.05, 0.1) is 13.0 Å². The fraction of sp³-hybridized carbons (Fsp3) is 0.571. The second kappa shape index (κ2) is 9.57. The predicted molar refractivity (Wildman–Crippen MR) is 106 cm³/mol. The molecule has 7 heteroatoms. The number of urea groups is 1. The van der Waals surface area contributed by atoms with Crippen LogP contribution in [0.5, 0.6) is 0 Å². The zero-order valence-electron chi connectivity index (χ0n) is 16.4. The Morgan fingerprint density at radius 3 is 2.39 bits per heavy atom. The maximum absolute atomic E-state index is 13.0. The second-order valence-corrected chi connectivity index (χ2v) is 7.38. The quantitative estimate of drug-likeness (QED) is 0.730. The first-order chi connectivity index (χ1) is 13.6. The van der Waals surface area contributed by atoms with E-state index >= 15 is 0 Å². The summed E-state index contributed by atoms with van der Waals surface area (Å²) in [4.78, 5) is 40.6. The standard InChI is InChI=1S/C21H29N3O4/c1-2-28-19(25)12-15-24(18-8-9-18)20(26)16-10-13-23(14-11-16)21(27)22-17-6-4-3-5-7-17/h3-7,16,18H,2,8-15H2,1H3,(H,22,27). The lowest BCUT2D eigenvalue weighted by Crippen LogP contribution is -2.46. The third kappa shape index (κ3) is 5.47. The molecule has 1 aromatic rings. The van der Waals surface area contributed by atoms with Crippen LogP contribution in [0.4, 0.5) is 10.5 Å². The molecule has 1 saturated heterocycles. The van der Waals surface area contributed by atoms with Gasteiger partial charge in [0.25, 0.3) is 0 Å². The van der Waals surface area contributed by atoms with Crippen molar-refractivity contribution in [1.82, 2.24) is 9.80 Å². The maximum atomic E-state index is 13.0. The van der Waals surface area contributed by atoms with Gasteiger partial charge in [0.2, 0.25) is 5.91 Å². The van der Waals surface area contributed by atoms with E-state index in [9.17, 15) is 14.4 Å². The molecule has 1 N–H and O–H groups in total. The summed E-state index contributed by atoms with van der Waals surface area (Å²) in [6, 6.07) is 9.50. The molecular weight excluding hydrogens is 358 g/mol. The lowest BCUT2D eigenvalue weighted by molar-refractivity contribution is -0.145. The van der Waals surface area contributed by atoms with Crippen LogP contribution in [0.2, 0.25) is 0 Å². The van der Waals surface area contributed by atoms with E-state index in [4.69, 9.17) is 4.74 Å². The van der Waals surface area contributed by atoms with Crippen molar-refractivity contribution in [3.8, 4) is 0 Å². The second-order valence-electron chi connectivity index (χ2n) is 7.38. The lowest BCUT2D eigenvalue weighted by Gasteiger charge is -2.34. The van der Waals surface area contributed by atoms with Crippen LogP contribution in [0.15, 0.2) is 30.3 Å². The number of likely N-dealkylation sites (tertiary alicyclic amines) is 1. The van der Waals surface area contributed by atoms with Gasteiger partial charge in [0.15, 0.2) is 0 Å². The molecule has 152 valence electrons. The molecule has 0 spiro atoms. The molecule has 0 unspecified atom stereocenters. The number of esters is 1. The number of benzene rings is 1. The van der Waals surface area contributed by atoms with Crippen molar-refractivity contribution in [1.29, 1.82) is 0 Å². The van der Waals surface area contributed by atoms with Gasteiger partial charge in [0, 0.05) is 37.3 Å². The summed E-state index contributed by atoms with van der Waals surface area (Å²) in [7, 11) is 0. The molecule has 1 aliphatic heterocycles. The Morgan fingerprint density at radius 2 is 1.79 bits per heavy atom. The number of carbonyl (C=O) groups is 3. The molecule has 7 nitrogen and oxygen atoms in total. The van der Waals surface area contributed by atoms with E-state index in [1.807, 2.05) is 35.2 Å². The van der Waals surface area contributed by atoms with Gasteiger partial charge in [0.1, 0.15) is 0 Å². The van der Waals surface area contributed by atoms with Gasteiger partial charge in [-0.3, -0.25) is 9.59 Å². The number of anilines is 1. The van der Waals surface area contributed by atoms with Gasteiger partial charge >= 0.3 is 12.0 Å². The highest BCUT2D eigenvalue weighted by molar-refractivity contribution is 5.89. The van der Waals surface area contributed by atoms with Crippen LogP contribution in [0.3, 0.4) is 0 Å². The minimum absolute atomic E-state index is 0.0800. The molecule has 0 bridgehead atoms. The van der Waals surface area contributed by atoms with Crippen LogP contribution in [0, 0.1) is 5.92 Å². The molecule has 3 rings (SSSR count). The summed E-state index contributed by atoms with van der Waals surface area (Å²) >= 11 is 0. The van der Waals surface area contributed by atoms with E-state index in [0.717, 1.165) is 18.5 Å². The Labute approximate surface area is 166 Å². The largest absolute Gasteiger partial charge is 0.466 e. The first-order valence-corrected chi connectivity index (χ1v) is 10.2. The number of amides is 3. The van der Waals surface area contributed by atoms with Crippen molar-refractivity contribution in [3.05, 3.63) is 30.3 Å². The van der Waals surface area contributed by atoms with Crippen molar-refractivity contribution in [2.24, 2.45) is 5.92 Å². The van der Waals surface area contributed by atoms with Crippen molar-refractivity contribution >= 4 is 23.6 Å². The van der Waals surface area contributed by atoms with E-state index in [-0.39, 0.29) is 36.3 Å². The number of rotatable bonds is 7. The Hall–Kier alpha value is -2.57. The number of para-hydroxylation sites is 1. The van der Waals surface area contributed by atoms with Crippen molar-refractivity contribution in [2.75, 3.05) is 31.6 Å². The Morgan fingerprint density at radius 1 is 1.11 bits per heavy atom. The molecule has 28 heavy (non-hydrogen) atoms. The molecule has 1 aliphatic carbocycles. The zero-order valence-corrected chi connectivity index (χ0v) is 16.4. The summed E-state index contributed by atoms with van der Waals surface area (Å²) in [6.07, 6.45) is 3.57. The minimum atomic E-state index is -0.256. The molecule has 2 aliphatic rings. The molecule has 0 radical (unpaired) electrons. The smallest absolute Gasteiger partial charge is 0.321 e. The van der Waals surface area contributed by atoms with Crippen LogP contribution in [0.25, 0.3) is 0 Å². The number of piperidine rings is 1. The van der Waals surface area contributed by atoms with Gasteiger partial charge in [-0.1, -0.05) is 18.2 Å². The first-order valence-electron chi connectivity index (χ1n) is 10.2. The summed E-state index contributed by atoms with van der Waals surface area (Å²) in [6.45, 7) is 3.69. The highest BCUT2D eigenvalue weighted by atomic mass is 16.5. The first kappa shape index (κ1) is 20.2. The average molecular weight is 387 g/mol. The van der Waals surface area contributed by atoms with Crippen LogP contribution in [-0.4, -0.2) is 60.0 Å². The van der Waals surface area contributed by atoms with Crippen LogP contribution in [-0.2, 0) is 14.3 Å². The fourth-order valence-electron chi connectivity index (χ4n) is 3.59. The number of ether oxygens (including phenoxy) is 1. The van der Waals surface area contributed by atoms with Gasteiger partial charge in [-0.2, -0.15) is 0 Å². The summed E-state index contributed by atoms with van der Waals surface area (Å²) in [5.74, 6) is -0.216. The Bertz CT molecular complexity index is 682.